The Morgan fingerprint density at radius 1 is 1.33 bits per heavy atom. The molecule has 1 fully saturated rings. The number of carbonyl (C=O) groups excluding carboxylic acids is 1. The van der Waals surface area contributed by atoms with E-state index in [2.05, 4.69) is 40.7 Å². The molecular formula is C21H36O3. The molecule has 0 bridgehead atoms. The largest absolute Gasteiger partial charge is 0.396 e. The highest BCUT2D eigenvalue weighted by molar-refractivity contribution is 5.86. The van der Waals surface area contributed by atoms with Crippen LogP contribution >= 0.6 is 0 Å². The summed E-state index contributed by atoms with van der Waals surface area (Å²) >= 11 is 0. The molecule has 0 spiro atoms. The van der Waals surface area contributed by atoms with Crippen LogP contribution in [0.15, 0.2) is 11.6 Å². The summed E-state index contributed by atoms with van der Waals surface area (Å²) in [4.78, 5) is 13.2. The Hall–Kier alpha value is -0.670. The van der Waals surface area contributed by atoms with Gasteiger partial charge in [0.05, 0.1) is 6.61 Å². The molecule has 3 heteroatoms. The number of hydrogen-bond acceptors (Lipinski definition) is 3. The summed E-state index contributed by atoms with van der Waals surface area (Å²) in [6.45, 7) is 11.1. The molecule has 2 aliphatic carbocycles. The van der Waals surface area contributed by atoms with E-state index in [9.17, 15) is 15.0 Å². The molecule has 138 valence electrons. The van der Waals surface area contributed by atoms with Crippen LogP contribution in [-0.2, 0) is 4.79 Å². The fourth-order valence-electron chi connectivity index (χ4n) is 6.16. The van der Waals surface area contributed by atoms with Gasteiger partial charge in [0.25, 0.3) is 0 Å². The molecule has 2 aliphatic rings. The lowest BCUT2D eigenvalue weighted by molar-refractivity contribution is -0.143. The van der Waals surface area contributed by atoms with Gasteiger partial charge < -0.3 is 10.2 Å². The molecule has 1 saturated carbocycles. The van der Waals surface area contributed by atoms with Crippen LogP contribution in [-0.4, -0.2) is 29.2 Å². The van der Waals surface area contributed by atoms with Gasteiger partial charge in [-0.25, -0.2) is 0 Å². The Kier molecular flexibility index (Phi) is 6.30. The van der Waals surface area contributed by atoms with E-state index < -0.39 is 5.41 Å². The first-order chi connectivity index (χ1) is 11.3. The highest BCUT2D eigenvalue weighted by Gasteiger charge is 2.56. The second-order valence-electron chi connectivity index (χ2n) is 8.69. The monoisotopic (exact) mass is 336 g/mol. The van der Waals surface area contributed by atoms with E-state index in [0.717, 1.165) is 18.4 Å². The maximum atomic E-state index is 13.2. The van der Waals surface area contributed by atoms with Gasteiger partial charge in [-0.2, -0.15) is 0 Å². The number of allylic oxidation sites excluding steroid dienone is 1. The smallest absolute Gasteiger partial charge is 0.141 e. The maximum Gasteiger partial charge on any atom is 0.141 e. The topological polar surface area (TPSA) is 57.5 Å². The van der Waals surface area contributed by atoms with Crippen molar-refractivity contribution in [2.45, 2.75) is 60.3 Å². The number of aliphatic hydroxyl groups is 2. The van der Waals surface area contributed by atoms with E-state index in [0.29, 0.717) is 29.6 Å². The Morgan fingerprint density at radius 2 is 2.00 bits per heavy atom. The zero-order valence-corrected chi connectivity index (χ0v) is 16.1. The molecule has 0 saturated heterocycles. The molecule has 0 aromatic rings. The highest BCUT2D eigenvalue weighted by atomic mass is 16.3. The number of rotatable bonds is 6. The van der Waals surface area contributed by atoms with E-state index in [-0.39, 0.29) is 31.3 Å². The van der Waals surface area contributed by atoms with Crippen molar-refractivity contribution in [2.75, 3.05) is 13.2 Å². The van der Waals surface area contributed by atoms with Crippen molar-refractivity contribution >= 4 is 5.78 Å². The van der Waals surface area contributed by atoms with E-state index in [1.165, 1.54) is 6.42 Å². The van der Waals surface area contributed by atoms with Crippen molar-refractivity contribution in [3.63, 3.8) is 0 Å². The number of carbonyl (C=O) groups is 1. The predicted molar refractivity (Wildman–Crippen MR) is 97.5 cm³/mol. The van der Waals surface area contributed by atoms with Gasteiger partial charge in [0.1, 0.15) is 5.78 Å². The maximum absolute atomic E-state index is 13.2. The Bertz CT molecular complexity index is 483. The van der Waals surface area contributed by atoms with E-state index in [4.69, 9.17) is 0 Å². The van der Waals surface area contributed by atoms with Gasteiger partial charge in [0, 0.05) is 18.4 Å². The van der Waals surface area contributed by atoms with Crippen molar-refractivity contribution in [1.82, 2.24) is 0 Å². The van der Waals surface area contributed by atoms with Crippen LogP contribution in [0.4, 0.5) is 0 Å². The highest BCUT2D eigenvalue weighted by Crippen LogP contribution is 2.58. The van der Waals surface area contributed by atoms with Crippen molar-refractivity contribution in [3.8, 4) is 0 Å². The summed E-state index contributed by atoms with van der Waals surface area (Å²) in [6.07, 6.45) is 5.80. The molecule has 2 N–H and O–H groups in total. The van der Waals surface area contributed by atoms with E-state index in [1.54, 1.807) is 0 Å². The minimum atomic E-state index is -0.477. The van der Waals surface area contributed by atoms with Crippen molar-refractivity contribution in [3.05, 3.63) is 11.6 Å². The predicted octanol–water partition coefficient (Wildman–Crippen LogP) is 3.84. The second-order valence-corrected chi connectivity index (χ2v) is 8.69. The SMILES string of the molecule is CC[C@@H](C)[C@H]1C(CO)=C[C@H]2C[C@@H](C)C[C@@H](C)[C@@H]2[C@@]1(C)C(=O)CCO. The average Bonchev–Trinajstić information content (AvgIpc) is 2.53. The lowest BCUT2D eigenvalue weighted by Crippen LogP contribution is -2.55. The van der Waals surface area contributed by atoms with Crippen molar-refractivity contribution < 1.29 is 15.0 Å². The van der Waals surface area contributed by atoms with Crippen LogP contribution in [0.25, 0.3) is 0 Å². The third-order valence-corrected chi connectivity index (χ3v) is 7.02. The molecule has 0 heterocycles. The molecule has 0 aliphatic heterocycles. The lowest BCUT2D eigenvalue weighted by Gasteiger charge is -2.56. The molecule has 24 heavy (non-hydrogen) atoms. The van der Waals surface area contributed by atoms with Crippen LogP contribution in [0.3, 0.4) is 0 Å². The third-order valence-electron chi connectivity index (χ3n) is 7.02. The van der Waals surface area contributed by atoms with E-state index in [1.807, 2.05) is 0 Å². The lowest BCUT2D eigenvalue weighted by atomic mass is 9.47. The zero-order chi connectivity index (χ0) is 18.1. The van der Waals surface area contributed by atoms with E-state index >= 15 is 0 Å². The summed E-state index contributed by atoms with van der Waals surface area (Å²) < 4.78 is 0. The Balaban J connectivity index is 2.58. The first kappa shape index (κ1) is 19.7. The quantitative estimate of drug-likeness (QED) is 0.725. The van der Waals surface area contributed by atoms with Gasteiger partial charge >= 0.3 is 0 Å². The fraction of sp³-hybridized carbons (Fsp3) is 0.857. The molecule has 0 aromatic heterocycles. The molecule has 7 atom stereocenters. The van der Waals surface area contributed by atoms with Crippen molar-refractivity contribution in [2.24, 2.45) is 40.9 Å². The molecule has 0 unspecified atom stereocenters. The molecule has 0 amide bonds. The van der Waals surface area contributed by atoms with Gasteiger partial charge in [-0.05, 0) is 53.9 Å². The van der Waals surface area contributed by atoms with Gasteiger partial charge in [-0.15, -0.1) is 0 Å². The second kappa shape index (κ2) is 7.70. The summed E-state index contributed by atoms with van der Waals surface area (Å²) in [5, 5.41) is 19.4. The standard InChI is InChI=1S/C21H36O3/c1-6-14(3)19-17(12-23)11-16-10-13(2)9-15(4)20(16)21(19,5)18(24)7-8-22/h11,13-16,19-20,22-23H,6-10,12H2,1-5H3/t13-,14+,15+,16+,19-,20-,21-/m0/s1. The first-order valence-electron chi connectivity index (χ1n) is 9.76. The average molecular weight is 337 g/mol. The number of aliphatic hydroxyl groups excluding tert-OH is 2. The minimum Gasteiger partial charge on any atom is -0.396 e. The van der Waals surface area contributed by atoms with Crippen LogP contribution in [0.1, 0.15) is 60.3 Å². The molecule has 2 rings (SSSR count). The number of fused-ring (bicyclic) bond motifs is 1. The first-order valence-corrected chi connectivity index (χ1v) is 9.76. The minimum absolute atomic E-state index is 0.0446. The summed E-state index contributed by atoms with van der Waals surface area (Å²) in [5.74, 6) is 2.48. The number of Topliss-reactive ketones (excluding diaryl/α,β-unsaturated/α-hetero) is 1. The number of ketones is 1. The fourth-order valence-corrected chi connectivity index (χ4v) is 6.16. The molecule has 3 nitrogen and oxygen atoms in total. The Labute approximate surface area is 147 Å². The normalized spacial score (nSPS) is 40.6. The molecule has 0 aromatic carbocycles. The Morgan fingerprint density at radius 3 is 2.54 bits per heavy atom. The van der Waals surface area contributed by atoms with Crippen LogP contribution in [0.2, 0.25) is 0 Å². The van der Waals surface area contributed by atoms with Crippen LogP contribution < -0.4 is 0 Å². The third kappa shape index (κ3) is 3.22. The van der Waals surface area contributed by atoms with Gasteiger partial charge in [0.15, 0.2) is 0 Å². The van der Waals surface area contributed by atoms with Gasteiger partial charge in [-0.1, -0.05) is 47.1 Å². The number of hydrogen-bond donors (Lipinski definition) is 2. The molecule has 0 radical (unpaired) electrons. The zero-order valence-electron chi connectivity index (χ0n) is 16.1. The summed E-state index contributed by atoms with van der Waals surface area (Å²) in [6, 6.07) is 0. The van der Waals surface area contributed by atoms with Crippen LogP contribution in [0, 0.1) is 40.9 Å². The molecular weight excluding hydrogens is 300 g/mol. The van der Waals surface area contributed by atoms with Gasteiger partial charge in [0.2, 0.25) is 0 Å². The van der Waals surface area contributed by atoms with Crippen molar-refractivity contribution in [1.29, 1.82) is 0 Å². The van der Waals surface area contributed by atoms with Gasteiger partial charge in [-0.3, -0.25) is 4.79 Å². The summed E-state index contributed by atoms with van der Waals surface area (Å²) in [7, 11) is 0. The van der Waals surface area contributed by atoms with Crippen LogP contribution in [0.5, 0.6) is 0 Å². The summed E-state index contributed by atoms with van der Waals surface area (Å²) in [5.41, 5.74) is 0.579.